The zero-order valence-corrected chi connectivity index (χ0v) is 27.2. The van der Waals surface area contributed by atoms with Gasteiger partial charge < -0.3 is 29.9 Å². The smallest absolute Gasteiger partial charge is 0.459 e. The molecule has 0 amide bonds. The summed E-state index contributed by atoms with van der Waals surface area (Å²) in [6.07, 6.45) is -6.21. The number of nitrogens with two attached hydrogens (primary N) is 1. The molecule has 5 rings (SSSR count). The minimum atomic E-state index is -4.69. The first kappa shape index (κ1) is 35.5. The van der Waals surface area contributed by atoms with E-state index in [9.17, 15) is 32.7 Å². The Bertz CT molecular complexity index is 1840. The molecule has 3 heterocycles. The fourth-order valence-corrected chi connectivity index (χ4v) is 6.72. The first-order valence-electron chi connectivity index (χ1n) is 14.2. The Morgan fingerprint density at radius 3 is 2.56 bits per heavy atom. The molecule has 5 N–H and O–H groups in total. The molecule has 14 nitrogen and oxygen atoms in total. The van der Waals surface area contributed by atoms with E-state index in [0.717, 1.165) is 12.1 Å². The maximum atomic E-state index is 14.2. The van der Waals surface area contributed by atoms with Crippen molar-refractivity contribution in [3.05, 3.63) is 77.2 Å². The number of alkyl halides is 3. The number of imidazole rings is 1. The van der Waals surface area contributed by atoms with Crippen LogP contribution in [0.2, 0.25) is 5.02 Å². The van der Waals surface area contributed by atoms with Crippen LogP contribution in [0.15, 0.2) is 61.1 Å². The molecule has 1 saturated heterocycles. The van der Waals surface area contributed by atoms with Gasteiger partial charge in [-0.25, -0.2) is 14.5 Å². The van der Waals surface area contributed by atoms with Gasteiger partial charge in [-0.3, -0.25) is 13.9 Å². The van der Waals surface area contributed by atoms with Crippen LogP contribution in [0, 0.1) is 0 Å². The molecule has 1 aliphatic heterocycles. The number of aliphatic hydroxyl groups excluding tert-OH is 1. The van der Waals surface area contributed by atoms with Crippen molar-refractivity contribution >= 4 is 42.4 Å². The number of rotatable bonds is 11. The maximum Gasteiger partial charge on any atom is 0.459 e. The quantitative estimate of drug-likeness (QED) is 0.126. The van der Waals surface area contributed by atoms with Crippen LogP contribution in [-0.2, 0) is 36.1 Å². The lowest BCUT2D eigenvalue weighted by Gasteiger charge is -2.30. The van der Waals surface area contributed by atoms with Gasteiger partial charge in [0.25, 0.3) is 0 Å². The maximum absolute atomic E-state index is 14.2. The largest absolute Gasteiger partial charge is 0.459 e. The van der Waals surface area contributed by atoms with Crippen molar-refractivity contribution in [3.63, 3.8) is 0 Å². The number of carbonyl (C=O) groups is 1. The Labute approximate surface area is 276 Å². The average molecular weight is 715 g/mol. The highest BCUT2D eigenvalue weighted by atomic mass is 35.5. The second-order valence-corrected chi connectivity index (χ2v) is 13.7. The molecule has 0 radical (unpaired) electrons. The third kappa shape index (κ3) is 7.57. The fraction of sp³-hybridized carbons (Fsp3) is 0.379. The second kappa shape index (κ2) is 13.2. The predicted octanol–water partition coefficient (Wildman–Crippen LogP) is 4.41. The molecule has 0 aliphatic carbocycles. The monoisotopic (exact) mass is 714 g/mol. The van der Waals surface area contributed by atoms with E-state index in [-0.39, 0.29) is 22.9 Å². The third-order valence-corrected chi connectivity index (χ3v) is 9.42. The number of halogens is 4. The number of benzene rings is 2. The fourth-order valence-electron chi connectivity index (χ4n) is 4.91. The van der Waals surface area contributed by atoms with Gasteiger partial charge in [0.2, 0.25) is 5.95 Å². The number of carbonyl (C=O) groups excluding carboxylic acids is 1. The van der Waals surface area contributed by atoms with Crippen LogP contribution in [0.1, 0.15) is 38.1 Å². The highest BCUT2D eigenvalue weighted by molar-refractivity contribution is 7.52. The highest BCUT2D eigenvalue weighted by Crippen LogP contribution is 2.48. The molecule has 0 spiro atoms. The van der Waals surface area contributed by atoms with E-state index in [1.165, 1.54) is 74.3 Å². The van der Waals surface area contributed by atoms with Gasteiger partial charge >= 0.3 is 19.9 Å². The average Bonchev–Trinajstić information content (AvgIpc) is 3.51. The molecule has 1 fully saturated rings. The molecule has 48 heavy (non-hydrogen) atoms. The number of aliphatic hydroxyl groups is 2. The summed E-state index contributed by atoms with van der Waals surface area (Å²) in [6, 6.07) is 10.2. The van der Waals surface area contributed by atoms with Crippen LogP contribution in [0.4, 0.5) is 19.1 Å². The number of aromatic nitrogens is 4. The Hall–Kier alpha value is -3.83. The van der Waals surface area contributed by atoms with Gasteiger partial charge in [0.15, 0.2) is 11.9 Å². The number of nitrogens with zero attached hydrogens (tertiary/aromatic N) is 4. The first-order chi connectivity index (χ1) is 22.4. The van der Waals surface area contributed by atoms with Crippen molar-refractivity contribution < 1.29 is 51.3 Å². The van der Waals surface area contributed by atoms with E-state index in [0.29, 0.717) is 10.5 Å². The number of fused-ring (bicyclic) bond motifs is 1. The zero-order chi connectivity index (χ0) is 35.1. The summed E-state index contributed by atoms with van der Waals surface area (Å²) in [4.78, 5) is 25.3. The summed E-state index contributed by atoms with van der Waals surface area (Å²) in [6.45, 7) is 2.43. The molecule has 2 aromatic heterocycles. The van der Waals surface area contributed by atoms with E-state index >= 15 is 0 Å². The van der Waals surface area contributed by atoms with Crippen LogP contribution < -0.4 is 15.3 Å². The lowest BCUT2D eigenvalue weighted by atomic mass is 9.96. The van der Waals surface area contributed by atoms with Gasteiger partial charge in [-0.2, -0.15) is 23.2 Å². The molecule has 2 unspecified atom stereocenters. The summed E-state index contributed by atoms with van der Waals surface area (Å²) in [5.74, 6) is -1.16. The minimum Gasteiger partial charge on any atom is -0.459 e. The minimum absolute atomic E-state index is 0.00146. The topological polar surface area (TPSA) is 193 Å². The van der Waals surface area contributed by atoms with Gasteiger partial charge in [-0.15, -0.1) is 0 Å². The highest BCUT2D eigenvalue weighted by Gasteiger charge is 2.54. The zero-order valence-electron chi connectivity index (χ0n) is 25.6. The normalized spacial score (nSPS) is 22.8. The summed E-state index contributed by atoms with van der Waals surface area (Å²) in [5, 5.41) is 25.1. The molecule has 2 aromatic carbocycles. The van der Waals surface area contributed by atoms with Gasteiger partial charge in [0.1, 0.15) is 41.2 Å². The van der Waals surface area contributed by atoms with Crippen LogP contribution in [0.3, 0.4) is 0 Å². The number of esters is 1. The van der Waals surface area contributed by atoms with E-state index in [1.807, 2.05) is 0 Å². The number of hydrogen-bond acceptors (Lipinski definition) is 12. The Kier molecular flexibility index (Phi) is 9.78. The number of nitrogens with one attached hydrogen (secondary N) is 1. The standard InChI is InChI=1S/C29H31ClF3N6O8P/c1-27(2,25(41)44-13-16-6-4-5-7-19(16)29(31,32)33)38-48(43,47-18-10-8-17(30)9-11-18)45-14-21-22(40)28(3,42)24(46-21)39-15-36-20-12-35-26(34)37-23(20)39/h4-12,15,21-22,24,40,42H,13-14H2,1-3H3,(H,38,43)(H2,34,35,37)/t21?,22-,24-,28-,48?/m1/s1. The van der Waals surface area contributed by atoms with Crippen molar-refractivity contribution in [2.45, 2.75) is 63.1 Å². The van der Waals surface area contributed by atoms with Gasteiger partial charge in [0, 0.05) is 10.6 Å². The lowest BCUT2D eigenvalue weighted by Crippen LogP contribution is -2.47. The number of hydrogen-bond donors (Lipinski definition) is 4. The number of nitrogen functional groups attached to an aromatic ring is 1. The summed E-state index contributed by atoms with van der Waals surface area (Å²) in [5.41, 5.74) is 1.16. The summed E-state index contributed by atoms with van der Waals surface area (Å²) in [7, 11) is -4.61. The van der Waals surface area contributed by atoms with Gasteiger partial charge in [-0.1, -0.05) is 29.8 Å². The van der Waals surface area contributed by atoms with E-state index in [4.69, 9.17) is 35.9 Å². The van der Waals surface area contributed by atoms with Crippen molar-refractivity contribution in [2.24, 2.45) is 0 Å². The van der Waals surface area contributed by atoms with Crippen LogP contribution in [-0.4, -0.2) is 65.7 Å². The van der Waals surface area contributed by atoms with E-state index in [2.05, 4.69) is 20.0 Å². The number of anilines is 1. The molecule has 258 valence electrons. The van der Waals surface area contributed by atoms with Crippen molar-refractivity contribution in [1.82, 2.24) is 24.6 Å². The molecule has 0 bridgehead atoms. The summed E-state index contributed by atoms with van der Waals surface area (Å²) >= 11 is 5.95. The SMILES string of the molecule is CC(C)(NP(=O)(OCC1O[C@@H](n2cnc3cnc(N)nc32)[C@](C)(O)[C@@H]1O)Oc1ccc(Cl)cc1)C(=O)OCc1ccccc1C(F)(F)F. The Morgan fingerprint density at radius 2 is 1.88 bits per heavy atom. The van der Waals surface area contributed by atoms with E-state index in [1.54, 1.807) is 0 Å². The molecule has 4 aromatic rings. The second-order valence-electron chi connectivity index (χ2n) is 11.6. The van der Waals surface area contributed by atoms with Crippen molar-refractivity contribution in [2.75, 3.05) is 12.3 Å². The van der Waals surface area contributed by atoms with Crippen LogP contribution in [0.5, 0.6) is 5.75 Å². The van der Waals surface area contributed by atoms with Gasteiger partial charge in [-0.05, 0) is 51.1 Å². The number of ether oxygens (including phenoxy) is 2. The molecule has 19 heteroatoms. The van der Waals surface area contributed by atoms with Gasteiger partial charge in [0.05, 0.1) is 24.7 Å². The Balaban J connectivity index is 1.35. The van der Waals surface area contributed by atoms with Crippen molar-refractivity contribution in [1.29, 1.82) is 0 Å². The third-order valence-electron chi connectivity index (χ3n) is 7.40. The molecular formula is C29H31ClF3N6O8P. The van der Waals surface area contributed by atoms with E-state index < -0.39 is 68.2 Å². The van der Waals surface area contributed by atoms with Crippen LogP contribution in [0.25, 0.3) is 11.2 Å². The van der Waals surface area contributed by atoms with Crippen molar-refractivity contribution in [3.8, 4) is 5.75 Å². The first-order valence-corrected chi connectivity index (χ1v) is 16.1. The molecule has 0 saturated carbocycles. The lowest BCUT2D eigenvalue weighted by molar-refractivity contribution is -0.152. The predicted molar refractivity (Wildman–Crippen MR) is 164 cm³/mol. The van der Waals surface area contributed by atoms with Crippen LogP contribution >= 0.6 is 19.3 Å². The molecular weight excluding hydrogens is 684 g/mol. The molecule has 1 aliphatic rings. The summed E-state index contributed by atoms with van der Waals surface area (Å²) < 4.78 is 78.3. The Morgan fingerprint density at radius 1 is 1.19 bits per heavy atom. The molecule has 5 atom stereocenters.